The van der Waals surface area contributed by atoms with Crippen molar-refractivity contribution in [1.29, 1.82) is 0 Å². The summed E-state index contributed by atoms with van der Waals surface area (Å²) in [4.78, 5) is 23.7. The van der Waals surface area contributed by atoms with E-state index in [1.54, 1.807) is 12.1 Å². The lowest BCUT2D eigenvalue weighted by atomic mass is 9.85. The van der Waals surface area contributed by atoms with Gasteiger partial charge in [-0.3, -0.25) is 4.79 Å². The van der Waals surface area contributed by atoms with Crippen molar-refractivity contribution in [2.24, 2.45) is 0 Å². The maximum Gasteiger partial charge on any atom is 0.339 e. The molecule has 166 valence electrons. The third kappa shape index (κ3) is 5.66. The highest BCUT2D eigenvalue weighted by Gasteiger charge is 2.21. The Hall–Kier alpha value is -3.80. The molecule has 0 aliphatic heterocycles. The number of benzene rings is 3. The van der Waals surface area contributed by atoms with Crippen LogP contribution in [0.25, 0.3) is 0 Å². The number of ketones is 1. The number of hydrogen-bond donors (Lipinski definition) is 2. The highest BCUT2D eigenvalue weighted by molar-refractivity contribution is 5.97. The molecule has 0 heterocycles. The fraction of sp³-hybridized carbons (Fsp3) is 0.231. The van der Waals surface area contributed by atoms with Crippen molar-refractivity contribution in [2.75, 3.05) is 6.61 Å². The van der Waals surface area contributed by atoms with E-state index in [2.05, 4.69) is 20.8 Å². The first kappa shape index (κ1) is 22.9. The van der Waals surface area contributed by atoms with E-state index < -0.39 is 11.7 Å². The largest absolute Gasteiger partial charge is 0.507 e. The van der Waals surface area contributed by atoms with Crippen LogP contribution in [0.1, 0.15) is 52.6 Å². The fourth-order valence-electron chi connectivity index (χ4n) is 3.17. The Morgan fingerprint density at radius 2 is 1.62 bits per heavy atom. The quantitative estimate of drug-likeness (QED) is 0.472. The van der Waals surface area contributed by atoms with Gasteiger partial charge in [0.1, 0.15) is 29.4 Å². The molecule has 0 saturated heterocycles. The van der Waals surface area contributed by atoms with Crippen LogP contribution in [0.15, 0.2) is 66.7 Å². The monoisotopic (exact) mass is 434 g/mol. The zero-order valence-corrected chi connectivity index (χ0v) is 18.3. The highest BCUT2D eigenvalue weighted by Crippen LogP contribution is 2.33. The molecule has 3 aromatic carbocycles. The van der Waals surface area contributed by atoms with Crippen LogP contribution in [0.4, 0.5) is 0 Å². The molecule has 0 atom stereocenters. The van der Waals surface area contributed by atoms with Gasteiger partial charge in [0, 0.05) is 17.2 Å². The third-order valence-electron chi connectivity index (χ3n) is 4.92. The van der Waals surface area contributed by atoms with Gasteiger partial charge in [-0.05, 0) is 41.3 Å². The van der Waals surface area contributed by atoms with Crippen molar-refractivity contribution in [1.82, 2.24) is 0 Å². The zero-order chi connectivity index (χ0) is 23.3. The van der Waals surface area contributed by atoms with Gasteiger partial charge in [0.15, 0.2) is 12.4 Å². The lowest BCUT2D eigenvalue weighted by Crippen LogP contribution is -2.17. The minimum absolute atomic E-state index is 0.208. The van der Waals surface area contributed by atoms with E-state index in [0.29, 0.717) is 17.9 Å². The van der Waals surface area contributed by atoms with Crippen molar-refractivity contribution in [3.63, 3.8) is 0 Å². The second kappa shape index (κ2) is 9.56. The standard InChI is InChI=1S/C26H26O6/c1-26(2,3)21-13-18(9-12-24(21)32-15-17-7-5-4-6-8-17)23(28)16-31-19-10-11-20(25(29)30)22(27)14-19/h4-14,27H,15-16H2,1-3H3,(H,29,30). The summed E-state index contributed by atoms with van der Waals surface area (Å²) in [5, 5.41) is 18.7. The van der Waals surface area contributed by atoms with Crippen molar-refractivity contribution in [3.8, 4) is 17.2 Å². The summed E-state index contributed by atoms with van der Waals surface area (Å²) in [5.41, 5.74) is 1.96. The number of rotatable bonds is 8. The summed E-state index contributed by atoms with van der Waals surface area (Å²) < 4.78 is 11.5. The molecular weight excluding hydrogens is 408 g/mol. The van der Waals surface area contributed by atoms with Crippen LogP contribution >= 0.6 is 0 Å². The minimum atomic E-state index is -1.24. The molecular formula is C26H26O6. The third-order valence-corrected chi connectivity index (χ3v) is 4.92. The van der Waals surface area contributed by atoms with Crippen molar-refractivity contribution in [3.05, 3.63) is 89.0 Å². The molecule has 0 fully saturated rings. The average molecular weight is 434 g/mol. The van der Waals surface area contributed by atoms with Crippen LogP contribution in [0, 0.1) is 0 Å². The number of aromatic carboxylic acids is 1. The Balaban J connectivity index is 1.73. The summed E-state index contributed by atoms with van der Waals surface area (Å²) in [7, 11) is 0. The molecule has 32 heavy (non-hydrogen) atoms. The van der Waals surface area contributed by atoms with E-state index in [-0.39, 0.29) is 29.1 Å². The minimum Gasteiger partial charge on any atom is -0.507 e. The molecule has 0 aliphatic rings. The maximum atomic E-state index is 12.7. The SMILES string of the molecule is CC(C)(C)c1cc(C(=O)COc2ccc(C(=O)O)c(O)c2)ccc1OCc1ccccc1. The second-order valence-electron chi connectivity index (χ2n) is 8.43. The fourth-order valence-corrected chi connectivity index (χ4v) is 3.17. The first-order valence-corrected chi connectivity index (χ1v) is 10.2. The lowest BCUT2D eigenvalue weighted by Gasteiger charge is -2.23. The summed E-state index contributed by atoms with van der Waals surface area (Å²) in [5.74, 6) is -0.980. The first-order valence-electron chi connectivity index (χ1n) is 10.2. The van der Waals surface area contributed by atoms with Crippen LogP contribution in [-0.4, -0.2) is 28.6 Å². The summed E-state index contributed by atoms with van der Waals surface area (Å²) >= 11 is 0. The summed E-state index contributed by atoms with van der Waals surface area (Å²) in [6.07, 6.45) is 0. The molecule has 6 nitrogen and oxygen atoms in total. The van der Waals surface area contributed by atoms with Crippen LogP contribution in [-0.2, 0) is 12.0 Å². The Morgan fingerprint density at radius 1 is 0.906 bits per heavy atom. The molecule has 0 amide bonds. The molecule has 3 aromatic rings. The molecule has 0 saturated carbocycles. The van der Waals surface area contributed by atoms with Gasteiger partial charge in [-0.2, -0.15) is 0 Å². The van der Waals surface area contributed by atoms with Gasteiger partial charge in [0.05, 0.1) is 0 Å². The van der Waals surface area contributed by atoms with Crippen LogP contribution in [0.5, 0.6) is 17.2 Å². The van der Waals surface area contributed by atoms with Crippen molar-refractivity contribution < 1.29 is 29.3 Å². The van der Waals surface area contributed by atoms with Crippen LogP contribution < -0.4 is 9.47 Å². The Kier molecular flexibility index (Phi) is 6.83. The average Bonchev–Trinajstić information content (AvgIpc) is 2.75. The van der Waals surface area contributed by atoms with E-state index in [1.165, 1.54) is 18.2 Å². The predicted octanol–water partition coefficient (Wildman–Crippen LogP) is 5.23. The summed E-state index contributed by atoms with van der Waals surface area (Å²) in [6.45, 7) is 6.33. The van der Waals surface area contributed by atoms with Gasteiger partial charge in [-0.15, -0.1) is 0 Å². The molecule has 3 rings (SSSR count). The molecule has 0 aliphatic carbocycles. The number of hydrogen-bond acceptors (Lipinski definition) is 5. The van der Waals surface area contributed by atoms with Crippen LogP contribution in [0.3, 0.4) is 0 Å². The maximum absolute atomic E-state index is 12.7. The van der Waals surface area contributed by atoms with Gasteiger partial charge in [0.2, 0.25) is 0 Å². The second-order valence-corrected chi connectivity index (χ2v) is 8.43. The van der Waals surface area contributed by atoms with Crippen molar-refractivity contribution in [2.45, 2.75) is 32.8 Å². The lowest BCUT2D eigenvalue weighted by molar-refractivity contribution is 0.0693. The number of phenols is 1. The van der Waals surface area contributed by atoms with Crippen LogP contribution in [0.2, 0.25) is 0 Å². The molecule has 6 heteroatoms. The van der Waals surface area contributed by atoms with E-state index in [4.69, 9.17) is 14.6 Å². The summed E-state index contributed by atoms with van der Waals surface area (Å²) in [6, 6.07) is 19.0. The Morgan fingerprint density at radius 3 is 2.25 bits per heavy atom. The molecule has 0 unspecified atom stereocenters. The Labute approximate surface area is 187 Å². The van der Waals surface area contributed by atoms with E-state index in [0.717, 1.165) is 11.1 Å². The molecule has 0 spiro atoms. The van der Waals surface area contributed by atoms with E-state index in [9.17, 15) is 14.7 Å². The molecule has 0 aromatic heterocycles. The smallest absolute Gasteiger partial charge is 0.339 e. The number of carboxylic acid groups (broad SMARTS) is 1. The number of aromatic hydroxyl groups is 1. The van der Waals surface area contributed by atoms with E-state index in [1.807, 2.05) is 36.4 Å². The number of ether oxygens (including phenoxy) is 2. The number of carbonyl (C=O) groups excluding carboxylic acids is 1. The molecule has 0 bridgehead atoms. The number of carboxylic acids is 1. The van der Waals surface area contributed by atoms with Crippen molar-refractivity contribution >= 4 is 11.8 Å². The Bertz CT molecular complexity index is 1110. The van der Waals surface area contributed by atoms with Gasteiger partial charge >= 0.3 is 5.97 Å². The van der Waals surface area contributed by atoms with Gasteiger partial charge in [0.25, 0.3) is 0 Å². The highest BCUT2D eigenvalue weighted by atomic mass is 16.5. The van der Waals surface area contributed by atoms with E-state index >= 15 is 0 Å². The van der Waals surface area contributed by atoms with Gasteiger partial charge in [-0.25, -0.2) is 4.79 Å². The molecule has 2 N–H and O–H groups in total. The topological polar surface area (TPSA) is 93.1 Å². The normalized spacial score (nSPS) is 11.1. The van der Waals surface area contributed by atoms with Gasteiger partial charge < -0.3 is 19.7 Å². The zero-order valence-electron chi connectivity index (χ0n) is 18.3. The number of carbonyl (C=O) groups is 2. The predicted molar refractivity (Wildman–Crippen MR) is 121 cm³/mol. The number of Topliss-reactive ketones (excluding diaryl/α,β-unsaturated/α-hetero) is 1. The molecule has 0 radical (unpaired) electrons. The first-order chi connectivity index (χ1) is 15.1. The van der Waals surface area contributed by atoms with Gasteiger partial charge in [-0.1, -0.05) is 51.1 Å².